The lowest BCUT2D eigenvalue weighted by Crippen LogP contribution is -2.15. The fraction of sp³-hybridized carbons (Fsp3) is 0.133. The average molecular weight is 446 g/mol. The molecule has 0 fully saturated rings. The lowest BCUT2D eigenvalue weighted by Gasteiger charge is -2.04. The maximum atomic E-state index is 12.4. The number of carbonyl (C=O) groups is 1. The van der Waals surface area contributed by atoms with Crippen molar-refractivity contribution < 1.29 is 14.5 Å². The molecular weight excluding hydrogens is 435 g/mol. The van der Waals surface area contributed by atoms with Crippen molar-refractivity contribution in [3.8, 4) is 5.88 Å². The van der Waals surface area contributed by atoms with Crippen LogP contribution >= 0.6 is 34.8 Å². The highest BCUT2D eigenvalue weighted by Crippen LogP contribution is 2.29. The minimum atomic E-state index is -0.843. The van der Waals surface area contributed by atoms with Crippen molar-refractivity contribution in [3.05, 3.63) is 60.8 Å². The molecule has 3 aromatic rings. The highest BCUT2D eigenvalue weighted by Gasteiger charge is 2.30. The SMILES string of the molecule is COc1n[nH]c(C(=O)Nc2nn(Cc3ccc(Cl)c(Cl)c3)cc2Cl)c1[N+](=O)[O-]. The van der Waals surface area contributed by atoms with E-state index < -0.39 is 22.2 Å². The Morgan fingerprint density at radius 3 is 2.71 bits per heavy atom. The van der Waals surface area contributed by atoms with Gasteiger partial charge in [-0.1, -0.05) is 40.9 Å². The standard InChI is InChI=1S/C15H11Cl3N6O4/c1-28-15-12(24(26)27)11(20-21-15)14(25)19-13-10(18)6-23(22-13)5-7-2-3-8(16)9(17)4-7/h2-4,6H,5H2,1H3,(H,20,21)(H,19,22,25). The van der Waals surface area contributed by atoms with Crippen LogP contribution in [0.1, 0.15) is 16.1 Å². The topological polar surface area (TPSA) is 128 Å². The normalized spacial score (nSPS) is 10.7. The van der Waals surface area contributed by atoms with Crippen molar-refractivity contribution in [2.45, 2.75) is 6.54 Å². The molecule has 13 heteroatoms. The van der Waals surface area contributed by atoms with Crippen molar-refractivity contribution in [1.29, 1.82) is 0 Å². The first-order valence-corrected chi connectivity index (χ1v) is 8.68. The highest BCUT2D eigenvalue weighted by atomic mass is 35.5. The van der Waals surface area contributed by atoms with Crippen LogP contribution in [0, 0.1) is 10.1 Å². The van der Waals surface area contributed by atoms with Gasteiger partial charge in [0.05, 0.1) is 28.6 Å². The number of nitrogens with zero attached hydrogens (tertiary/aromatic N) is 4. The predicted octanol–water partition coefficient (Wildman–Crippen LogP) is 3.78. The summed E-state index contributed by atoms with van der Waals surface area (Å²) in [5.74, 6) is -1.13. The maximum absolute atomic E-state index is 12.4. The molecule has 0 spiro atoms. The Morgan fingerprint density at radius 1 is 1.32 bits per heavy atom. The van der Waals surface area contributed by atoms with Crippen LogP contribution in [-0.4, -0.2) is 37.9 Å². The van der Waals surface area contributed by atoms with E-state index in [4.69, 9.17) is 39.5 Å². The van der Waals surface area contributed by atoms with Crippen LogP contribution in [0.25, 0.3) is 0 Å². The van der Waals surface area contributed by atoms with Crippen LogP contribution in [0.15, 0.2) is 24.4 Å². The van der Waals surface area contributed by atoms with Gasteiger partial charge in [-0.3, -0.25) is 24.7 Å². The number of methoxy groups -OCH3 is 1. The number of rotatable bonds is 6. The summed E-state index contributed by atoms with van der Waals surface area (Å²) in [6.45, 7) is 0.310. The maximum Gasteiger partial charge on any atom is 0.362 e. The molecule has 0 radical (unpaired) electrons. The van der Waals surface area contributed by atoms with Crippen LogP contribution in [0.2, 0.25) is 15.1 Å². The van der Waals surface area contributed by atoms with Crippen LogP contribution in [-0.2, 0) is 6.54 Å². The number of anilines is 1. The molecule has 3 rings (SSSR count). The number of aromatic nitrogens is 4. The van der Waals surface area contributed by atoms with Gasteiger partial charge in [-0.25, -0.2) is 0 Å². The zero-order valence-electron chi connectivity index (χ0n) is 14.1. The number of nitro groups is 1. The van der Waals surface area contributed by atoms with Gasteiger partial charge in [0.25, 0.3) is 5.91 Å². The Hall–Kier alpha value is -2.82. The molecule has 28 heavy (non-hydrogen) atoms. The Kier molecular flexibility index (Phi) is 5.73. The van der Waals surface area contributed by atoms with Crippen molar-refractivity contribution in [2.24, 2.45) is 0 Å². The van der Waals surface area contributed by atoms with Gasteiger partial charge in [0.1, 0.15) is 5.02 Å². The van der Waals surface area contributed by atoms with E-state index in [2.05, 4.69) is 20.6 Å². The average Bonchev–Trinajstić information content (AvgIpc) is 3.22. The molecule has 2 N–H and O–H groups in total. The second-order valence-electron chi connectivity index (χ2n) is 5.44. The molecule has 0 saturated carbocycles. The van der Waals surface area contributed by atoms with Gasteiger partial charge >= 0.3 is 11.6 Å². The van der Waals surface area contributed by atoms with Crippen LogP contribution in [0.5, 0.6) is 5.88 Å². The van der Waals surface area contributed by atoms with E-state index in [9.17, 15) is 14.9 Å². The number of aromatic amines is 1. The third kappa shape index (κ3) is 4.03. The van der Waals surface area contributed by atoms with Crippen molar-refractivity contribution in [3.63, 3.8) is 0 Å². The third-order valence-electron chi connectivity index (χ3n) is 3.59. The summed E-state index contributed by atoms with van der Waals surface area (Å²) in [7, 11) is 1.20. The molecular formula is C15H11Cl3N6O4. The second kappa shape index (κ2) is 8.05. The van der Waals surface area contributed by atoms with Gasteiger partial charge in [-0.2, -0.15) is 5.10 Å². The number of nitrogens with one attached hydrogen (secondary N) is 2. The van der Waals surface area contributed by atoms with E-state index in [1.165, 1.54) is 18.0 Å². The number of carbonyl (C=O) groups excluding carboxylic acids is 1. The Labute approximate surface area is 172 Å². The van der Waals surface area contributed by atoms with Crippen LogP contribution in [0.4, 0.5) is 11.5 Å². The van der Waals surface area contributed by atoms with E-state index in [1.807, 2.05) is 0 Å². The number of H-pyrrole nitrogens is 1. The molecule has 0 bridgehead atoms. The minimum absolute atomic E-state index is 0.0228. The molecule has 0 unspecified atom stereocenters. The number of hydrogen-bond acceptors (Lipinski definition) is 6. The molecule has 0 saturated heterocycles. The molecule has 2 heterocycles. The number of amides is 1. The lowest BCUT2D eigenvalue weighted by molar-refractivity contribution is -0.386. The zero-order valence-corrected chi connectivity index (χ0v) is 16.3. The van der Waals surface area contributed by atoms with Crippen molar-refractivity contribution in [1.82, 2.24) is 20.0 Å². The molecule has 146 valence electrons. The third-order valence-corrected chi connectivity index (χ3v) is 4.60. The van der Waals surface area contributed by atoms with Gasteiger partial charge in [-0.15, -0.1) is 5.10 Å². The molecule has 10 nitrogen and oxygen atoms in total. The summed E-state index contributed by atoms with van der Waals surface area (Å²) < 4.78 is 6.24. The molecule has 0 atom stereocenters. The monoisotopic (exact) mass is 444 g/mol. The summed E-state index contributed by atoms with van der Waals surface area (Å²) >= 11 is 18.0. The summed E-state index contributed by atoms with van der Waals surface area (Å²) in [5, 5.41) is 24.6. The molecule has 2 aromatic heterocycles. The van der Waals surface area contributed by atoms with Gasteiger partial charge in [0.2, 0.25) is 5.69 Å². The summed E-state index contributed by atoms with van der Waals surface area (Å²) in [6, 6.07) is 5.10. The van der Waals surface area contributed by atoms with Crippen LogP contribution in [0.3, 0.4) is 0 Å². The predicted molar refractivity (Wildman–Crippen MR) is 103 cm³/mol. The van der Waals surface area contributed by atoms with Gasteiger partial charge in [0.15, 0.2) is 5.82 Å². The Bertz CT molecular complexity index is 1060. The summed E-state index contributed by atoms with van der Waals surface area (Å²) in [6.07, 6.45) is 1.49. The van der Waals surface area contributed by atoms with E-state index in [0.29, 0.717) is 16.6 Å². The lowest BCUT2D eigenvalue weighted by atomic mass is 10.2. The van der Waals surface area contributed by atoms with Gasteiger partial charge in [-0.05, 0) is 17.7 Å². The van der Waals surface area contributed by atoms with E-state index in [0.717, 1.165) is 5.56 Å². The number of ether oxygens (including phenoxy) is 1. The summed E-state index contributed by atoms with van der Waals surface area (Å²) in [5.41, 5.74) is -0.177. The van der Waals surface area contributed by atoms with E-state index >= 15 is 0 Å². The Balaban J connectivity index is 1.80. The quantitative estimate of drug-likeness (QED) is 0.439. The van der Waals surface area contributed by atoms with E-state index in [-0.39, 0.29) is 16.7 Å². The van der Waals surface area contributed by atoms with Crippen molar-refractivity contribution >= 4 is 52.2 Å². The second-order valence-corrected chi connectivity index (χ2v) is 6.66. The largest absolute Gasteiger partial charge is 0.475 e. The first-order valence-electron chi connectivity index (χ1n) is 7.55. The molecule has 0 aliphatic carbocycles. The smallest absolute Gasteiger partial charge is 0.362 e. The fourth-order valence-corrected chi connectivity index (χ4v) is 2.87. The number of hydrogen-bond donors (Lipinski definition) is 2. The minimum Gasteiger partial charge on any atom is -0.475 e. The van der Waals surface area contributed by atoms with Crippen LogP contribution < -0.4 is 10.1 Å². The zero-order chi connectivity index (χ0) is 20.4. The fourth-order valence-electron chi connectivity index (χ4n) is 2.35. The number of halogens is 3. The Morgan fingerprint density at radius 2 is 2.07 bits per heavy atom. The molecule has 0 aliphatic rings. The highest BCUT2D eigenvalue weighted by molar-refractivity contribution is 6.42. The van der Waals surface area contributed by atoms with Crippen molar-refractivity contribution in [2.75, 3.05) is 12.4 Å². The molecule has 1 aromatic carbocycles. The first-order chi connectivity index (χ1) is 13.3. The molecule has 0 aliphatic heterocycles. The van der Waals surface area contributed by atoms with Gasteiger partial charge in [0, 0.05) is 6.20 Å². The summed E-state index contributed by atoms with van der Waals surface area (Å²) in [4.78, 5) is 22.8. The van der Waals surface area contributed by atoms with E-state index in [1.54, 1.807) is 18.2 Å². The number of benzene rings is 1. The first kappa shape index (κ1) is 19.9. The molecule has 1 amide bonds. The van der Waals surface area contributed by atoms with Gasteiger partial charge < -0.3 is 10.1 Å².